The number of aromatic nitrogens is 1. The smallest absolute Gasteiger partial charge is 0.352 e. The van der Waals surface area contributed by atoms with Gasteiger partial charge in [0.2, 0.25) is 0 Å². The fourth-order valence-electron chi connectivity index (χ4n) is 2.59. The van der Waals surface area contributed by atoms with E-state index >= 15 is 0 Å². The summed E-state index contributed by atoms with van der Waals surface area (Å²) in [6, 6.07) is 7.91. The van der Waals surface area contributed by atoms with E-state index in [9.17, 15) is 9.90 Å². The van der Waals surface area contributed by atoms with Crippen LogP contribution in [0.4, 0.5) is 0 Å². The molecule has 0 spiro atoms. The Bertz CT molecular complexity index is 603. The minimum Gasteiger partial charge on any atom is -0.477 e. The molecule has 0 saturated carbocycles. The van der Waals surface area contributed by atoms with Gasteiger partial charge in [0.15, 0.2) is 0 Å². The third kappa shape index (κ3) is 1.80. The third-order valence-electron chi connectivity index (χ3n) is 3.21. The summed E-state index contributed by atoms with van der Waals surface area (Å²) in [5, 5.41) is 10.6. The van der Waals surface area contributed by atoms with Crippen LogP contribution in [-0.4, -0.2) is 15.6 Å². The maximum Gasteiger partial charge on any atom is 0.352 e. The summed E-state index contributed by atoms with van der Waals surface area (Å²) in [7, 11) is 0. The van der Waals surface area contributed by atoms with E-state index in [0.29, 0.717) is 5.69 Å². The Labute approximate surface area is 107 Å². The first-order valence-electron chi connectivity index (χ1n) is 6.24. The predicted molar refractivity (Wildman–Crippen MR) is 73.3 cm³/mol. The molecule has 2 aromatic rings. The van der Waals surface area contributed by atoms with Gasteiger partial charge in [0.05, 0.1) is 0 Å². The molecule has 0 aliphatic carbocycles. The maximum atomic E-state index is 11.6. The molecule has 0 aliphatic heterocycles. The van der Waals surface area contributed by atoms with Crippen molar-refractivity contribution in [3.8, 4) is 0 Å². The molecule has 18 heavy (non-hydrogen) atoms. The molecule has 1 aromatic heterocycles. The van der Waals surface area contributed by atoms with Gasteiger partial charge in [0, 0.05) is 16.4 Å². The van der Waals surface area contributed by atoms with Gasteiger partial charge in [0.25, 0.3) is 0 Å². The number of fused-ring (bicyclic) bond motifs is 1. The second-order valence-corrected chi connectivity index (χ2v) is 5.51. The first kappa shape index (κ1) is 12.7. The lowest BCUT2D eigenvalue weighted by atomic mass is 10.1. The van der Waals surface area contributed by atoms with Gasteiger partial charge < -0.3 is 9.67 Å². The number of nitrogens with zero attached hydrogens (tertiary/aromatic N) is 1. The van der Waals surface area contributed by atoms with Crippen LogP contribution in [0.3, 0.4) is 0 Å². The fourth-order valence-corrected chi connectivity index (χ4v) is 2.59. The third-order valence-corrected chi connectivity index (χ3v) is 3.21. The molecule has 1 N–H and O–H groups in total. The molecule has 0 radical (unpaired) electrons. The molecular weight excluding hydrogens is 226 g/mol. The number of rotatable bonds is 2. The van der Waals surface area contributed by atoms with Gasteiger partial charge in [-0.1, -0.05) is 25.1 Å². The fraction of sp³-hybridized carbons (Fsp3) is 0.400. The van der Waals surface area contributed by atoms with Crippen molar-refractivity contribution < 1.29 is 9.90 Å². The average molecular weight is 245 g/mol. The molecule has 3 nitrogen and oxygen atoms in total. The zero-order chi connectivity index (χ0) is 13.5. The molecule has 1 aromatic carbocycles. The van der Waals surface area contributed by atoms with Crippen LogP contribution in [0, 0.1) is 0 Å². The topological polar surface area (TPSA) is 42.2 Å². The Hall–Kier alpha value is -1.77. The Morgan fingerprint density at radius 1 is 1.28 bits per heavy atom. The Morgan fingerprint density at radius 2 is 1.89 bits per heavy atom. The first-order valence-corrected chi connectivity index (χ1v) is 6.24. The summed E-state index contributed by atoms with van der Waals surface area (Å²) in [6.07, 6.45) is 0.727. The van der Waals surface area contributed by atoms with Crippen molar-refractivity contribution in [3.63, 3.8) is 0 Å². The summed E-state index contributed by atoms with van der Waals surface area (Å²) in [5.41, 5.74) is 2.10. The molecule has 0 aliphatic rings. The van der Waals surface area contributed by atoms with Crippen LogP contribution in [0.5, 0.6) is 0 Å². The second-order valence-electron chi connectivity index (χ2n) is 5.51. The molecule has 0 atom stereocenters. The van der Waals surface area contributed by atoms with E-state index in [2.05, 4.69) is 0 Å². The molecule has 0 amide bonds. The number of para-hydroxylation sites is 1. The Balaban J connectivity index is 2.97. The number of benzene rings is 1. The monoisotopic (exact) mass is 245 g/mol. The van der Waals surface area contributed by atoms with Crippen molar-refractivity contribution in [2.75, 3.05) is 0 Å². The Morgan fingerprint density at radius 3 is 2.39 bits per heavy atom. The van der Waals surface area contributed by atoms with Crippen molar-refractivity contribution >= 4 is 16.9 Å². The highest BCUT2D eigenvalue weighted by Crippen LogP contribution is 2.32. The van der Waals surface area contributed by atoms with Crippen molar-refractivity contribution in [1.29, 1.82) is 0 Å². The second kappa shape index (κ2) is 4.16. The quantitative estimate of drug-likeness (QED) is 0.877. The summed E-state index contributed by atoms with van der Waals surface area (Å²) >= 11 is 0. The van der Waals surface area contributed by atoms with Crippen molar-refractivity contribution in [2.24, 2.45) is 0 Å². The Kier molecular flexibility index (Phi) is 2.93. The molecule has 1 heterocycles. The summed E-state index contributed by atoms with van der Waals surface area (Å²) in [6.45, 7) is 8.10. The van der Waals surface area contributed by atoms with Crippen LogP contribution in [0.1, 0.15) is 43.7 Å². The van der Waals surface area contributed by atoms with Gasteiger partial charge >= 0.3 is 5.97 Å². The predicted octanol–water partition coefficient (Wildman–Crippen LogP) is 3.66. The van der Waals surface area contributed by atoms with E-state index in [0.717, 1.165) is 22.9 Å². The van der Waals surface area contributed by atoms with Crippen LogP contribution in [0.25, 0.3) is 10.9 Å². The van der Waals surface area contributed by atoms with E-state index in [1.165, 1.54) is 0 Å². The molecule has 0 bridgehead atoms. The lowest BCUT2D eigenvalue weighted by Crippen LogP contribution is -2.26. The van der Waals surface area contributed by atoms with Crippen LogP contribution >= 0.6 is 0 Å². The van der Waals surface area contributed by atoms with Gasteiger partial charge in [-0.2, -0.15) is 0 Å². The molecule has 3 heteroatoms. The number of hydrogen-bond acceptors (Lipinski definition) is 1. The standard InChI is InChI=1S/C15H19NO2/c1-5-10-11-8-6-7-9-12(11)16(15(2,3)4)13(10)14(17)18/h6-9H,5H2,1-4H3,(H,17,18). The lowest BCUT2D eigenvalue weighted by molar-refractivity contribution is 0.0678. The van der Waals surface area contributed by atoms with Crippen LogP contribution in [0.15, 0.2) is 24.3 Å². The van der Waals surface area contributed by atoms with E-state index in [1.807, 2.05) is 56.5 Å². The lowest BCUT2D eigenvalue weighted by Gasteiger charge is -2.24. The van der Waals surface area contributed by atoms with E-state index < -0.39 is 5.97 Å². The van der Waals surface area contributed by atoms with Crippen LogP contribution in [0.2, 0.25) is 0 Å². The average Bonchev–Trinajstić information content (AvgIpc) is 2.62. The summed E-state index contributed by atoms with van der Waals surface area (Å²) in [5.74, 6) is -0.849. The van der Waals surface area contributed by atoms with Crippen molar-refractivity contribution in [2.45, 2.75) is 39.7 Å². The summed E-state index contributed by atoms with van der Waals surface area (Å²) in [4.78, 5) is 11.6. The van der Waals surface area contributed by atoms with Crippen molar-refractivity contribution in [3.05, 3.63) is 35.5 Å². The van der Waals surface area contributed by atoms with Crippen molar-refractivity contribution in [1.82, 2.24) is 4.57 Å². The zero-order valence-electron chi connectivity index (χ0n) is 11.3. The molecular formula is C15H19NO2. The van der Waals surface area contributed by atoms with Gasteiger partial charge in [-0.05, 0) is 38.8 Å². The number of carbonyl (C=O) groups is 1. The first-order chi connectivity index (χ1) is 8.38. The van der Waals surface area contributed by atoms with E-state index in [-0.39, 0.29) is 5.54 Å². The highest BCUT2D eigenvalue weighted by molar-refractivity contribution is 5.98. The van der Waals surface area contributed by atoms with E-state index in [4.69, 9.17) is 0 Å². The largest absolute Gasteiger partial charge is 0.477 e. The number of carboxylic acids is 1. The molecule has 96 valence electrons. The summed E-state index contributed by atoms with van der Waals surface area (Å²) < 4.78 is 1.93. The maximum absolute atomic E-state index is 11.6. The van der Waals surface area contributed by atoms with Gasteiger partial charge in [-0.15, -0.1) is 0 Å². The van der Waals surface area contributed by atoms with Gasteiger partial charge in [-0.3, -0.25) is 0 Å². The SMILES string of the molecule is CCc1c(C(=O)O)n(C(C)(C)C)c2ccccc12. The van der Waals surface area contributed by atoms with Gasteiger partial charge in [0.1, 0.15) is 5.69 Å². The van der Waals surface area contributed by atoms with Crippen LogP contribution in [-0.2, 0) is 12.0 Å². The number of aromatic carboxylic acids is 1. The highest BCUT2D eigenvalue weighted by Gasteiger charge is 2.27. The highest BCUT2D eigenvalue weighted by atomic mass is 16.4. The van der Waals surface area contributed by atoms with Crippen LogP contribution < -0.4 is 0 Å². The molecule has 2 rings (SSSR count). The van der Waals surface area contributed by atoms with Gasteiger partial charge in [-0.25, -0.2) is 4.79 Å². The number of hydrogen-bond donors (Lipinski definition) is 1. The molecule has 0 fully saturated rings. The zero-order valence-corrected chi connectivity index (χ0v) is 11.3. The molecule has 0 unspecified atom stereocenters. The number of carboxylic acid groups (broad SMARTS) is 1. The molecule has 0 saturated heterocycles. The number of aryl methyl sites for hydroxylation is 1. The minimum absolute atomic E-state index is 0.249. The normalized spacial score (nSPS) is 12.0. The van der Waals surface area contributed by atoms with E-state index in [1.54, 1.807) is 0 Å². The minimum atomic E-state index is -0.849.